The van der Waals surface area contributed by atoms with Gasteiger partial charge in [0.1, 0.15) is 0 Å². The summed E-state index contributed by atoms with van der Waals surface area (Å²) in [6.07, 6.45) is 0. The number of amides is 2. The van der Waals surface area contributed by atoms with E-state index in [1.807, 2.05) is 0 Å². The van der Waals surface area contributed by atoms with Crippen LogP contribution in [0, 0.1) is 0 Å². The minimum absolute atomic E-state index is 0. The van der Waals surface area contributed by atoms with Gasteiger partial charge in [0.15, 0.2) is 0 Å². The molecule has 0 aliphatic carbocycles. The molecule has 66 valence electrons. The van der Waals surface area contributed by atoms with E-state index in [4.69, 9.17) is 0 Å². The maximum absolute atomic E-state index is 11.5. The summed E-state index contributed by atoms with van der Waals surface area (Å²) in [6.45, 7) is 2.23. The second-order valence-electron chi connectivity index (χ2n) is 2.90. The molecule has 0 aromatic heterocycles. The van der Waals surface area contributed by atoms with Gasteiger partial charge in [-0.15, -0.1) is 0 Å². The van der Waals surface area contributed by atoms with Gasteiger partial charge in [-0.25, -0.2) is 0 Å². The van der Waals surface area contributed by atoms with Crippen molar-refractivity contribution in [1.29, 1.82) is 0 Å². The van der Waals surface area contributed by atoms with Crippen molar-refractivity contribution in [3.63, 3.8) is 0 Å². The third-order valence-corrected chi connectivity index (χ3v) is 2.19. The third kappa shape index (κ3) is 1.73. The van der Waals surface area contributed by atoms with Gasteiger partial charge >= 0.3 is 51.4 Å². The Bertz CT molecular complexity index is 354. The number of carbonyl (C=O) groups excluding carboxylic acids is 2. The Morgan fingerprint density at radius 1 is 1.07 bits per heavy atom. The molecule has 0 spiro atoms. The molecule has 1 aromatic carbocycles. The first-order valence-electron chi connectivity index (χ1n) is 4.21. The van der Waals surface area contributed by atoms with Crippen molar-refractivity contribution in [3.8, 4) is 0 Å². The molecule has 3 nitrogen and oxygen atoms in total. The molecule has 0 atom stereocenters. The Morgan fingerprint density at radius 3 is 1.86 bits per heavy atom. The summed E-state index contributed by atoms with van der Waals surface area (Å²) in [6, 6.07) is 6.91. The molecular weight excluding hydrogens is 205 g/mol. The van der Waals surface area contributed by atoms with E-state index in [0.29, 0.717) is 17.7 Å². The third-order valence-electron chi connectivity index (χ3n) is 2.19. The van der Waals surface area contributed by atoms with E-state index < -0.39 is 0 Å². The number of benzene rings is 1. The molecule has 1 aliphatic rings. The van der Waals surface area contributed by atoms with Crippen molar-refractivity contribution in [2.75, 3.05) is 6.54 Å². The summed E-state index contributed by atoms with van der Waals surface area (Å²) >= 11 is 0. The standard InChI is InChI=1S/C10H9NO2.K/c1-2-11-9(12)7-5-3-4-6-8(7)10(11)13;/h3-6H,2H2,1H3;/q;+1. The summed E-state index contributed by atoms with van der Waals surface area (Å²) in [5.74, 6) is -0.355. The summed E-state index contributed by atoms with van der Waals surface area (Å²) in [4.78, 5) is 24.3. The van der Waals surface area contributed by atoms with Crippen LogP contribution in [0.1, 0.15) is 27.6 Å². The topological polar surface area (TPSA) is 37.4 Å². The molecule has 0 saturated heterocycles. The van der Waals surface area contributed by atoms with E-state index >= 15 is 0 Å². The number of nitrogens with zero attached hydrogens (tertiary/aromatic N) is 1. The van der Waals surface area contributed by atoms with Gasteiger partial charge in [-0.05, 0) is 19.1 Å². The van der Waals surface area contributed by atoms with Gasteiger partial charge in [0.05, 0.1) is 11.1 Å². The van der Waals surface area contributed by atoms with Gasteiger partial charge in [0.25, 0.3) is 11.8 Å². The van der Waals surface area contributed by atoms with Gasteiger partial charge < -0.3 is 0 Å². The van der Waals surface area contributed by atoms with Crippen molar-refractivity contribution in [1.82, 2.24) is 4.90 Å². The molecule has 0 unspecified atom stereocenters. The van der Waals surface area contributed by atoms with Crippen LogP contribution in [0.25, 0.3) is 0 Å². The minimum atomic E-state index is -0.178. The van der Waals surface area contributed by atoms with E-state index in [9.17, 15) is 9.59 Å². The van der Waals surface area contributed by atoms with E-state index in [1.165, 1.54) is 4.90 Å². The van der Waals surface area contributed by atoms with Crippen LogP contribution in [0.2, 0.25) is 0 Å². The SMILES string of the molecule is CCN1C(=O)c2ccccc2C1=O.[K+]. The molecule has 0 saturated carbocycles. The van der Waals surface area contributed by atoms with Crippen LogP contribution in [-0.2, 0) is 0 Å². The molecule has 0 N–H and O–H groups in total. The maximum Gasteiger partial charge on any atom is 1.00 e. The fraction of sp³-hybridized carbons (Fsp3) is 0.200. The largest absolute Gasteiger partial charge is 1.00 e. The van der Waals surface area contributed by atoms with Crippen LogP contribution in [0.5, 0.6) is 0 Å². The molecule has 2 amide bonds. The monoisotopic (exact) mass is 214 g/mol. The number of carbonyl (C=O) groups is 2. The summed E-state index contributed by atoms with van der Waals surface area (Å²) in [5, 5.41) is 0. The molecule has 1 aliphatic heterocycles. The first-order chi connectivity index (χ1) is 6.25. The first kappa shape index (κ1) is 12.1. The Labute approximate surface area is 125 Å². The van der Waals surface area contributed by atoms with Crippen LogP contribution in [-0.4, -0.2) is 23.3 Å². The average molecular weight is 214 g/mol. The summed E-state index contributed by atoms with van der Waals surface area (Å²) < 4.78 is 0. The predicted molar refractivity (Wildman–Crippen MR) is 47.5 cm³/mol. The minimum Gasteiger partial charge on any atom is -0.275 e. The second-order valence-corrected chi connectivity index (χ2v) is 2.90. The molecule has 4 heteroatoms. The van der Waals surface area contributed by atoms with Crippen LogP contribution < -0.4 is 51.4 Å². The molecule has 0 fully saturated rings. The molecule has 0 radical (unpaired) electrons. The quantitative estimate of drug-likeness (QED) is 0.413. The fourth-order valence-corrected chi connectivity index (χ4v) is 1.53. The predicted octanol–water partition coefficient (Wildman–Crippen LogP) is -1.69. The van der Waals surface area contributed by atoms with Gasteiger partial charge in [0.2, 0.25) is 0 Å². The summed E-state index contributed by atoms with van der Waals surface area (Å²) in [7, 11) is 0. The Morgan fingerprint density at radius 2 is 1.50 bits per heavy atom. The maximum atomic E-state index is 11.5. The molecule has 2 rings (SSSR count). The van der Waals surface area contributed by atoms with Crippen molar-refractivity contribution in [2.24, 2.45) is 0 Å². The normalized spacial score (nSPS) is 13.9. The fourth-order valence-electron chi connectivity index (χ4n) is 1.53. The molecule has 1 heterocycles. The van der Waals surface area contributed by atoms with Gasteiger partial charge in [0, 0.05) is 6.54 Å². The number of fused-ring (bicyclic) bond motifs is 1. The first-order valence-corrected chi connectivity index (χ1v) is 4.21. The van der Waals surface area contributed by atoms with Crippen LogP contribution >= 0.6 is 0 Å². The number of hydrogen-bond acceptors (Lipinski definition) is 2. The van der Waals surface area contributed by atoms with Crippen molar-refractivity contribution < 1.29 is 61.0 Å². The second kappa shape index (κ2) is 4.68. The Hall–Kier alpha value is -0.00364. The molecule has 14 heavy (non-hydrogen) atoms. The zero-order valence-electron chi connectivity index (χ0n) is 8.28. The van der Waals surface area contributed by atoms with Crippen LogP contribution in [0.4, 0.5) is 0 Å². The Balaban J connectivity index is 0.000000980. The van der Waals surface area contributed by atoms with E-state index in [0.717, 1.165) is 0 Å². The summed E-state index contributed by atoms with van der Waals surface area (Å²) in [5.41, 5.74) is 1.05. The number of rotatable bonds is 1. The zero-order chi connectivity index (χ0) is 9.42. The van der Waals surface area contributed by atoms with Gasteiger partial charge in [-0.3, -0.25) is 14.5 Å². The molecule has 0 bridgehead atoms. The van der Waals surface area contributed by atoms with Crippen LogP contribution in [0.15, 0.2) is 24.3 Å². The van der Waals surface area contributed by atoms with Crippen molar-refractivity contribution >= 4 is 11.8 Å². The number of imide groups is 1. The Kier molecular flexibility index (Phi) is 4.03. The van der Waals surface area contributed by atoms with Gasteiger partial charge in [-0.2, -0.15) is 0 Å². The van der Waals surface area contributed by atoms with Crippen molar-refractivity contribution in [3.05, 3.63) is 35.4 Å². The zero-order valence-corrected chi connectivity index (χ0v) is 11.4. The van der Waals surface area contributed by atoms with E-state index in [2.05, 4.69) is 0 Å². The van der Waals surface area contributed by atoms with Gasteiger partial charge in [-0.1, -0.05) is 12.1 Å². The average Bonchev–Trinajstić information content (AvgIpc) is 2.41. The van der Waals surface area contributed by atoms with E-state index in [-0.39, 0.29) is 63.2 Å². The van der Waals surface area contributed by atoms with E-state index in [1.54, 1.807) is 31.2 Å². The number of hydrogen-bond donors (Lipinski definition) is 0. The smallest absolute Gasteiger partial charge is 0.275 e. The van der Waals surface area contributed by atoms with Crippen LogP contribution in [0.3, 0.4) is 0 Å². The molecular formula is C10H9KNO2+. The molecule has 1 aromatic rings. The van der Waals surface area contributed by atoms with Crippen molar-refractivity contribution in [2.45, 2.75) is 6.92 Å².